The molecular weight excluding hydrogens is 664 g/mol. The fourth-order valence-corrected chi connectivity index (χ4v) is 10.2. The Morgan fingerprint density at radius 3 is 2.00 bits per heavy atom. The number of fused-ring (bicyclic) bond motifs is 3. The lowest BCUT2D eigenvalue weighted by Crippen LogP contribution is -2.45. The number of esters is 1. The highest BCUT2D eigenvalue weighted by atomic mass is 16.5. The van der Waals surface area contributed by atoms with Crippen molar-refractivity contribution in [3.05, 3.63) is 77.6 Å². The number of hydrogen-bond donors (Lipinski definition) is 5. The molecule has 0 heterocycles. The van der Waals surface area contributed by atoms with Crippen LogP contribution in [0.1, 0.15) is 131 Å². The van der Waals surface area contributed by atoms with Gasteiger partial charge in [-0.15, -0.1) is 0 Å². The fraction of sp³-hybridized carbons (Fsp3) is 0.571. The molecule has 2 saturated carbocycles. The number of carbonyl (C=O) groups is 2. The Bertz CT molecular complexity index is 1930. The van der Waals surface area contributed by atoms with E-state index < -0.39 is 69.1 Å². The van der Waals surface area contributed by atoms with Gasteiger partial charge >= 0.3 is 5.97 Å². The summed E-state index contributed by atoms with van der Waals surface area (Å²) in [6.07, 6.45) is 0.687. The number of aromatic hydroxyl groups is 2. The highest BCUT2D eigenvalue weighted by Gasteiger charge is 2.58. The molecule has 0 amide bonds. The Balaban J connectivity index is 1.80. The number of aliphatic hydroxyl groups is 3. The minimum atomic E-state index is -1.46. The average Bonchev–Trinajstić information content (AvgIpc) is 3.57. The maximum Gasteiger partial charge on any atom is 0.303 e. The van der Waals surface area contributed by atoms with Gasteiger partial charge in [-0.3, -0.25) is 19.2 Å². The van der Waals surface area contributed by atoms with Gasteiger partial charge in [-0.05, 0) is 127 Å². The van der Waals surface area contributed by atoms with E-state index in [2.05, 4.69) is 13.8 Å². The number of carbonyl (C=O) groups excluding carboxylic acids is 2. The predicted octanol–water partition coefficient (Wildman–Crippen LogP) is 6.34. The number of hydrogen-bond acceptors (Lipinski definition) is 10. The third-order valence-electron chi connectivity index (χ3n) is 13.1. The third-order valence-corrected chi connectivity index (χ3v) is 13.1. The molecule has 3 aliphatic carbocycles. The topological polar surface area (TPSA) is 179 Å². The van der Waals surface area contributed by atoms with Gasteiger partial charge in [0.1, 0.15) is 11.9 Å². The summed E-state index contributed by atoms with van der Waals surface area (Å²) in [5.41, 5.74) is -1.25. The van der Waals surface area contributed by atoms with E-state index in [1.807, 2.05) is 27.7 Å². The van der Waals surface area contributed by atoms with Gasteiger partial charge in [0.25, 0.3) is 0 Å². The molecule has 5 rings (SSSR count). The first-order chi connectivity index (χ1) is 24.2. The van der Waals surface area contributed by atoms with Gasteiger partial charge < -0.3 is 30.3 Å². The lowest BCUT2D eigenvalue weighted by Gasteiger charge is -2.47. The van der Waals surface area contributed by atoms with Gasteiger partial charge in [-0.1, -0.05) is 41.5 Å². The molecule has 10 nitrogen and oxygen atoms in total. The van der Waals surface area contributed by atoms with Crippen LogP contribution in [0.15, 0.2) is 27.8 Å². The summed E-state index contributed by atoms with van der Waals surface area (Å²) >= 11 is 0. The lowest BCUT2D eigenvalue weighted by atomic mass is 9.60. The molecule has 2 aromatic carbocycles. The second kappa shape index (κ2) is 14.1. The van der Waals surface area contributed by atoms with Crippen molar-refractivity contribution in [2.45, 2.75) is 118 Å². The summed E-state index contributed by atoms with van der Waals surface area (Å²) in [6.45, 7) is 16.5. The highest BCUT2D eigenvalue weighted by Crippen LogP contribution is 2.63. The first kappa shape index (κ1) is 39.2. The molecule has 0 spiro atoms. The van der Waals surface area contributed by atoms with Crippen LogP contribution in [0.25, 0.3) is 11.8 Å². The molecule has 2 aromatic rings. The molecule has 0 radical (unpaired) electrons. The van der Waals surface area contributed by atoms with Crippen LogP contribution in [-0.2, 0) is 14.3 Å². The molecule has 10 heteroatoms. The quantitative estimate of drug-likeness (QED) is 0.118. The number of rotatable bonds is 8. The summed E-state index contributed by atoms with van der Waals surface area (Å²) in [5.74, 6) is -2.60. The SMILES string of the molecule is CC(=O)O[C@@H](C=O)[C@]1(C)CC[C@H](C(C)C)[C@@H]1c1cc(C(O)=Cc2cc(=O)c(O)c(C)c3c2[C@@H](O)[C@H](O)[C@]2(C)CC[C@H](C(C)C)[C@H]32)cc(=O)c(O)c1C. The van der Waals surface area contributed by atoms with Crippen LogP contribution < -0.4 is 10.9 Å². The maximum atomic E-state index is 13.4. The summed E-state index contributed by atoms with van der Waals surface area (Å²) in [5, 5.41) is 57.6. The molecule has 0 saturated heterocycles. The van der Waals surface area contributed by atoms with Crippen LogP contribution >= 0.6 is 0 Å². The zero-order chi connectivity index (χ0) is 38.8. The van der Waals surface area contributed by atoms with Crippen LogP contribution in [0, 0.1) is 48.3 Å². The van der Waals surface area contributed by atoms with Crippen molar-refractivity contribution in [3.8, 4) is 11.5 Å². The molecule has 0 bridgehead atoms. The molecule has 2 fully saturated rings. The summed E-state index contributed by atoms with van der Waals surface area (Å²) < 4.78 is 5.52. The van der Waals surface area contributed by atoms with Crippen molar-refractivity contribution < 1.29 is 39.9 Å². The molecule has 5 N–H and O–H groups in total. The molecule has 3 aliphatic rings. The molecule has 0 unspecified atom stereocenters. The number of aldehydes is 1. The van der Waals surface area contributed by atoms with Crippen molar-refractivity contribution in [2.24, 2.45) is 34.5 Å². The minimum absolute atomic E-state index is 0.000513. The van der Waals surface area contributed by atoms with E-state index in [1.165, 1.54) is 13.0 Å². The van der Waals surface area contributed by atoms with Crippen molar-refractivity contribution in [2.75, 3.05) is 0 Å². The van der Waals surface area contributed by atoms with E-state index in [-0.39, 0.29) is 51.8 Å². The van der Waals surface area contributed by atoms with Gasteiger partial charge in [-0.2, -0.15) is 0 Å². The van der Waals surface area contributed by atoms with Crippen molar-refractivity contribution in [1.29, 1.82) is 0 Å². The zero-order valence-electron chi connectivity index (χ0n) is 31.7. The Morgan fingerprint density at radius 1 is 0.865 bits per heavy atom. The normalized spacial score (nSPS) is 30.6. The van der Waals surface area contributed by atoms with E-state index in [1.54, 1.807) is 19.9 Å². The van der Waals surface area contributed by atoms with Crippen molar-refractivity contribution in [3.63, 3.8) is 0 Å². The van der Waals surface area contributed by atoms with E-state index in [4.69, 9.17) is 4.74 Å². The fourth-order valence-electron chi connectivity index (χ4n) is 10.2. The predicted molar refractivity (Wildman–Crippen MR) is 198 cm³/mol. The largest absolute Gasteiger partial charge is 0.507 e. The lowest BCUT2D eigenvalue weighted by molar-refractivity contribution is -0.157. The molecule has 52 heavy (non-hydrogen) atoms. The van der Waals surface area contributed by atoms with Gasteiger partial charge in [0.05, 0.1) is 6.10 Å². The van der Waals surface area contributed by atoms with Crippen molar-refractivity contribution >= 4 is 24.1 Å². The van der Waals surface area contributed by atoms with E-state index in [9.17, 15) is 44.7 Å². The summed E-state index contributed by atoms with van der Waals surface area (Å²) in [7, 11) is 0. The Hall–Kier alpha value is -4.02. The molecule has 282 valence electrons. The van der Waals surface area contributed by atoms with Crippen LogP contribution in [0.2, 0.25) is 0 Å². The molecular formula is C42H54O10. The van der Waals surface area contributed by atoms with E-state index in [0.29, 0.717) is 42.2 Å². The average molecular weight is 719 g/mol. The number of ether oxygens (including phenoxy) is 1. The van der Waals surface area contributed by atoms with Crippen LogP contribution in [0.5, 0.6) is 11.5 Å². The Kier molecular flexibility index (Phi) is 10.6. The molecule has 0 aromatic heterocycles. The summed E-state index contributed by atoms with van der Waals surface area (Å²) in [6, 6.07) is 3.80. The van der Waals surface area contributed by atoms with Gasteiger partial charge in [0, 0.05) is 29.4 Å². The minimum Gasteiger partial charge on any atom is -0.507 e. The Morgan fingerprint density at radius 2 is 1.42 bits per heavy atom. The van der Waals surface area contributed by atoms with Crippen LogP contribution in [0.3, 0.4) is 0 Å². The molecule has 9 atom stereocenters. The third kappa shape index (κ3) is 6.25. The zero-order valence-corrected chi connectivity index (χ0v) is 31.7. The second-order valence-corrected chi connectivity index (χ2v) is 16.7. The monoisotopic (exact) mass is 718 g/mol. The summed E-state index contributed by atoms with van der Waals surface area (Å²) in [4.78, 5) is 51.4. The van der Waals surface area contributed by atoms with E-state index >= 15 is 0 Å². The highest BCUT2D eigenvalue weighted by molar-refractivity contribution is 5.79. The molecule has 0 aliphatic heterocycles. The van der Waals surface area contributed by atoms with E-state index in [0.717, 1.165) is 18.6 Å². The second-order valence-electron chi connectivity index (χ2n) is 16.7. The van der Waals surface area contributed by atoms with Crippen LogP contribution in [-0.4, -0.2) is 50.0 Å². The Labute approximate surface area is 305 Å². The standard InChI is InChI=1S/C42H54O10/c1-19(2)26-10-12-41(8,32(18-43)52-23(7)44)35(26)28-14-24(15-30(46)37(48)21(28)5)29(45)16-25-17-31(47)38(49)22(6)33-34(25)39(50)40(51)42(9)13-11-27(20(3)4)36(33)42/h14-20,26-27,32,35-36,39-40,45,50-51H,10-13H2,1-9H3,(H,46,48)(H,47,49)/t26-,27-,32+,35-,36-,39-,40+,41+,42-/m1/s1. The number of aliphatic hydroxyl groups excluding tert-OH is 3. The van der Waals surface area contributed by atoms with Crippen molar-refractivity contribution in [1.82, 2.24) is 0 Å². The van der Waals surface area contributed by atoms with Crippen LogP contribution in [0.4, 0.5) is 0 Å². The van der Waals surface area contributed by atoms with Gasteiger partial charge in [0.2, 0.25) is 10.9 Å². The van der Waals surface area contributed by atoms with Gasteiger partial charge in [-0.25, -0.2) is 0 Å². The first-order valence-electron chi connectivity index (χ1n) is 18.4. The van der Waals surface area contributed by atoms with Gasteiger partial charge in [0.15, 0.2) is 23.9 Å². The maximum absolute atomic E-state index is 13.4. The smallest absolute Gasteiger partial charge is 0.303 e. The first-order valence-corrected chi connectivity index (χ1v) is 18.4.